The molecule has 7 heteroatoms. The zero-order valence-electron chi connectivity index (χ0n) is 13.1. The summed E-state index contributed by atoms with van der Waals surface area (Å²) < 4.78 is 39.4. The maximum absolute atomic E-state index is 13.5. The van der Waals surface area contributed by atoms with Crippen molar-refractivity contribution in [2.45, 2.75) is 20.3 Å². The Kier molecular flexibility index (Phi) is 5.72. The highest BCUT2D eigenvalue weighted by Crippen LogP contribution is 2.27. The molecule has 0 saturated heterocycles. The van der Waals surface area contributed by atoms with Gasteiger partial charge in [0.1, 0.15) is 0 Å². The molecule has 24 heavy (non-hydrogen) atoms. The molecule has 2 N–H and O–H groups in total. The lowest BCUT2D eigenvalue weighted by molar-refractivity contribution is -0.116. The monoisotopic (exact) mass is 356 g/mol. The van der Waals surface area contributed by atoms with Gasteiger partial charge in [0.25, 0.3) is 0 Å². The number of hydrogen-bond donors (Lipinski definition) is 2. The number of carbonyl (C=O) groups excluding carboxylic acids is 1. The van der Waals surface area contributed by atoms with E-state index < -0.39 is 29.0 Å². The van der Waals surface area contributed by atoms with E-state index in [0.29, 0.717) is 10.7 Å². The van der Waals surface area contributed by atoms with Crippen LogP contribution in [0.2, 0.25) is 5.02 Å². The second kappa shape index (κ2) is 7.57. The summed E-state index contributed by atoms with van der Waals surface area (Å²) >= 11 is 6.14. The van der Waals surface area contributed by atoms with Crippen LogP contribution in [0.25, 0.3) is 0 Å². The van der Waals surface area contributed by atoms with Crippen molar-refractivity contribution in [2.75, 3.05) is 17.2 Å². The van der Waals surface area contributed by atoms with Crippen LogP contribution in [0.4, 0.5) is 24.5 Å². The maximum Gasteiger partial charge on any atom is 0.226 e. The quantitative estimate of drug-likeness (QED) is 0.754. The molecule has 0 atom stereocenters. The predicted octanol–water partition coefficient (Wildman–Crippen LogP) is 4.81. The van der Waals surface area contributed by atoms with Crippen LogP contribution in [-0.2, 0) is 4.79 Å². The van der Waals surface area contributed by atoms with Crippen molar-refractivity contribution < 1.29 is 18.0 Å². The topological polar surface area (TPSA) is 41.1 Å². The molecule has 0 fully saturated rings. The van der Waals surface area contributed by atoms with Gasteiger partial charge < -0.3 is 10.6 Å². The molecule has 0 bridgehead atoms. The summed E-state index contributed by atoms with van der Waals surface area (Å²) in [6, 6.07) is 5.47. The molecule has 0 aliphatic rings. The van der Waals surface area contributed by atoms with Gasteiger partial charge in [-0.3, -0.25) is 4.79 Å². The van der Waals surface area contributed by atoms with Gasteiger partial charge in [0.2, 0.25) is 5.91 Å². The summed E-state index contributed by atoms with van der Waals surface area (Å²) in [6.45, 7) is 4.06. The van der Waals surface area contributed by atoms with E-state index in [1.54, 1.807) is 6.07 Å². The fraction of sp³-hybridized carbons (Fsp3) is 0.235. The largest absolute Gasteiger partial charge is 0.383 e. The molecule has 3 nitrogen and oxygen atoms in total. The molecule has 0 radical (unpaired) electrons. The second-order valence-corrected chi connectivity index (χ2v) is 5.79. The zero-order valence-corrected chi connectivity index (χ0v) is 13.9. The molecule has 2 aromatic carbocycles. The minimum atomic E-state index is -1.62. The number of amides is 1. The molecule has 0 aromatic heterocycles. The molecule has 2 aromatic rings. The average molecular weight is 357 g/mol. The first-order chi connectivity index (χ1) is 11.3. The van der Waals surface area contributed by atoms with Crippen LogP contribution in [0, 0.1) is 31.3 Å². The van der Waals surface area contributed by atoms with Crippen molar-refractivity contribution in [1.82, 2.24) is 0 Å². The van der Waals surface area contributed by atoms with Crippen molar-refractivity contribution in [1.29, 1.82) is 0 Å². The summed E-state index contributed by atoms with van der Waals surface area (Å²) in [5.74, 6) is -4.88. The number of anilines is 2. The first kappa shape index (κ1) is 18.1. The van der Waals surface area contributed by atoms with Crippen LogP contribution in [0.3, 0.4) is 0 Å². The average Bonchev–Trinajstić information content (AvgIpc) is 2.50. The number of carbonyl (C=O) groups is 1. The van der Waals surface area contributed by atoms with Crippen molar-refractivity contribution in [2.24, 2.45) is 0 Å². The third-order valence-electron chi connectivity index (χ3n) is 3.39. The van der Waals surface area contributed by atoms with Crippen LogP contribution in [0.5, 0.6) is 0 Å². The Hall–Kier alpha value is -2.21. The Bertz CT molecular complexity index is 758. The summed E-state index contributed by atoms with van der Waals surface area (Å²) in [4.78, 5) is 11.8. The molecule has 0 aliphatic heterocycles. The van der Waals surface area contributed by atoms with Gasteiger partial charge in [-0.05, 0) is 43.2 Å². The van der Waals surface area contributed by atoms with Gasteiger partial charge in [-0.25, -0.2) is 13.2 Å². The Morgan fingerprint density at radius 2 is 1.83 bits per heavy atom. The van der Waals surface area contributed by atoms with E-state index in [2.05, 4.69) is 10.6 Å². The SMILES string of the molecule is Cc1cc(C)c(NCCC(=O)Nc2ccc(F)c(F)c2F)c(Cl)c1. The van der Waals surface area contributed by atoms with Gasteiger partial charge in [-0.2, -0.15) is 0 Å². The zero-order chi connectivity index (χ0) is 17.9. The van der Waals surface area contributed by atoms with Crippen molar-refractivity contribution in [3.8, 4) is 0 Å². The Morgan fingerprint density at radius 1 is 1.12 bits per heavy atom. The van der Waals surface area contributed by atoms with E-state index >= 15 is 0 Å². The van der Waals surface area contributed by atoms with E-state index in [0.717, 1.165) is 23.3 Å². The molecule has 0 saturated carbocycles. The number of aryl methyl sites for hydroxylation is 2. The van der Waals surface area contributed by atoms with Crippen LogP contribution in [0.15, 0.2) is 24.3 Å². The van der Waals surface area contributed by atoms with Gasteiger partial charge >= 0.3 is 0 Å². The van der Waals surface area contributed by atoms with Crippen molar-refractivity contribution >= 4 is 28.9 Å². The molecule has 2 rings (SSSR count). The van der Waals surface area contributed by atoms with Gasteiger partial charge in [0, 0.05) is 13.0 Å². The first-order valence-corrected chi connectivity index (χ1v) is 7.61. The fourth-order valence-electron chi connectivity index (χ4n) is 2.28. The lowest BCUT2D eigenvalue weighted by Crippen LogP contribution is -2.18. The normalized spacial score (nSPS) is 10.6. The fourth-order valence-corrected chi connectivity index (χ4v) is 2.66. The molecule has 0 unspecified atom stereocenters. The van der Waals surface area contributed by atoms with Crippen molar-refractivity contribution in [3.63, 3.8) is 0 Å². The molecule has 1 amide bonds. The molecular weight excluding hydrogens is 341 g/mol. The number of hydrogen-bond acceptors (Lipinski definition) is 2. The summed E-state index contributed by atoms with van der Waals surface area (Å²) in [7, 11) is 0. The van der Waals surface area contributed by atoms with E-state index in [4.69, 9.17) is 11.6 Å². The van der Waals surface area contributed by atoms with Crippen LogP contribution in [0.1, 0.15) is 17.5 Å². The molecule has 128 valence electrons. The summed E-state index contributed by atoms with van der Waals surface area (Å²) in [5.41, 5.74) is 2.28. The lowest BCUT2D eigenvalue weighted by Gasteiger charge is -2.13. The van der Waals surface area contributed by atoms with Gasteiger partial charge in [-0.15, -0.1) is 0 Å². The van der Waals surface area contributed by atoms with Crippen LogP contribution < -0.4 is 10.6 Å². The number of rotatable bonds is 5. The molecule has 0 heterocycles. The third-order valence-corrected chi connectivity index (χ3v) is 3.69. The smallest absolute Gasteiger partial charge is 0.226 e. The molecule has 0 spiro atoms. The third kappa shape index (κ3) is 4.20. The highest BCUT2D eigenvalue weighted by atomic mass is 35.5. The van der Waals surface area contributed by atoms with E-state index in [1.807, 2.05) is 19.9 Å². The minimum Gasteiger partial charge on any atom is -0.383 e. The Balaban J connectivity index is 1.94. The predicted molar refractivity (Wildman–Crippen MR) is 89.0 cm³/mol. The maximum atomic E-state index is 13.5. The highest BCUT2D eigenvalue weighted by Gasteiger charge is 2.15. The van der Waals surface area contributed by atoms with Crippen molar-refractivity contribution in [3.05, 3.63) is 57.9 Å². The molecular formula is C17H16ClF3N2O. The van der Waals surface area contributed by atoms with E-state index in [9.17, 15) is 18.0 Å². The minimum absolute atomic E-state index is 0.00206. The van der Waals surface area contributed by atoms with Crippen LogP contribution >= 0.6 is 11.6 Å². The van der Waals surface area contributed by atoms with Gasteiger partial charge in [0.15, 0.2) is 17.5 Å². The highest BCUT2D eigenvalue weighted by molar-refractivity contribution is 6.33. The van der Waals surface area contributed by atoms with E-state index in [-0.39, 0.29) is 13.0 Å². The van der Waals surface area contributed by atoms with E-state index in [1.165, 1.54) is 0 Å². The second-order valence-electron chi connectivity index (χ2n) is 5.39. The number of benzene rings is 2. The number of halogens is 4. The summed E-state index contributed by atoms with van der Waals surface area (Å²) in [5, 5.41) is 5.79. The Labute approximate surface area is 142 Å². The lowest BCUT2D eigenvalue weighted by atomic mass is 10.1. The Morgan fingerprint density at radius 3 is 2.50 bits per heavy atom. The van der Waals surface area contributed by atoms with Gasteiger partial charge in [-0.1, -0.05) is 17.7 Å². The van der Waals surface area contributed by atoms with Gasteiger partial charge in [0.05, 0.1) is 16.4 Å². The summed E-state index contributed by atoms with van der Waals surface area (Å²) in [6.07, 6.45) is 0.00206. The number of nitrogens with one attached hydrogen (secondary N) is 2. The van der Waals surface area contributed by atoms with Crippen LogP contribution in [-0.4, -0.2) is 12.5 Å². The standard InChI is InChI=1S/C17H16ClF3N2O/c1-9-7-10(2)17(11(18)8-9)22-6-5-14(24)23-13-4-3-12(19)15(20)16(13)21/h3-4,7-8,22H,5-6H2,1-2H3,(H,23,24). The first-order valence-electron chi connectivity index (χ1n) is 7.23. The molecule has 0 aliphatic carbocycles.